The number of aromatic amines is 2. The lowest BCUT2D eigenvalue weighted by atomic mass is 10.0. The topological polar surface area (TPSA) is 121 Å². The van der Waals surface area contributed by atoms with Crippen molar-refractivity contribution in [2.24, 2.45) is 11.7 Å². The molecule has 0 aliphatic carbocycles. The van der Waals surface area contributed by atoms with E-state index >= 15 is 0 Å². The van der Waals surface area contributed by atoms with Gasteiger partial charge >= 0.3 is 5.69 Å². The predicted octanol–water partition coefficient (Wildman–Crippen LogP) is -0.834. The molecule has 0 saturated heterocycles. The Balaban J connectivity index is 2.81. The molecular formula is C11H18N4O3. The van der Waals surface area contributed by atoms with Gasteiger partial charge in [-0.25, -0.2) is 4.79 Å². The Labute approximate surface area is 104 Å². The van der Waals surface area contributed by atoms with Gasteiger partial charge in [0.2, 0.25) is 0 Å². The van der Waals surface area contributed by atoms with Crippen molar-refractivity contribution in [3.63, 3.8) is 0 Å². The van der Waals surface area contributed by atoms with E-state index in [1.807, 2.05) is 18.8 Å². The molecule has 5 N–H and O–H groups in total. The Morgan fingerprint density at radius 3 is 2.61 bits per heavy atom. The number of carbonyl (C=O) groups is 1. The number of hydrogen-bond donors (Lipinski definition) is 4. The minimum atomic E-state index is -0.712. The standard InChI is InChI=1S/C11H18N4O3/c1-6(2)3-7(4-12)14-9(16)8-5-13-11(18)15-10(8)17/h5-7H,3-4,12H2,1-2H3,(H,14,16)(H2,13,15,17,18). The Bertz CT molecular complexity index is 518. The van der Waals surface area contributed by atoms with Crippen LogP contribution in [0.25, 0.3) is 0 Å². The van der Waals surface area contributed by atoms with Gasteiger partial charge in [-0.15, -0.1) is 0 Å². The van der Waals surface area contributed by atoms with Crippen LogP contribution in [0.1, 0.15) is 30.6 Å². The lowest BCUT2D eigenvalue weighted by Crippen LogP contribution is -2.43. The molecule has 0 fully saturated rings. The quantitative estimate of drug-likeness (QED) is 0.547. The van der Waals surface area contributed by atoms with Gasteiger partial charge in [0.1, 0.15) is 5.56 Å². The van der Waals surface area contributed by atoms with Gasteiger partial charge in [-0.3, -0.25) is 14.6 Å². The largest absolute Gasteiger partial charge is 0.348 e. The van der Waals surface area contributed by atoms with Gasteiger partial charge in [-0.1, -0.05) is 13.8 Å². The van der Waals surface area contributed by atoms with Crippen LogP contribution in [0.5, 0.6) is 0 Å². The summed E-state index contributed by atoms with van der Waals surface area (Å²) in [6.45, 7) is 4.33. The van der Waals surface area contributed by atoms with Gasteiger partial charge < -0.3 is 16.0 Å². The number of H-pyrrole nitrogens is 2. The maximum Gasteiger partial charge on any atom is 0.325 e. The lowest BCUT2D eigenvalue weighted by Gasteiger charge is -2.18. The van der Waals surface area contributed by atoms with Crippen molar-refractivity contribution in [1.29, 1.82) is 0 Å². The average molecular weight is 254 g/mol. The van der Waals surface area contributed by atoms with Crippen molar-refractivity contribution in [1.82, 2.24) is 15.3 Å². The first-order valence-corrected chi connectivity index (χ1v) is 5.77. The second-order valence-electron chi connectivity index (χ2n) is 4.52. The summed E-state index contributed by atoms with van der Waals surface area (Å²) in [6.07, 6.45) is 1.82. The van der Waals surface area contributed by atoms with Gasteiger partial charge in [-0.2, -0.15) is 0 Å². The Morgan fingerprint density at radius 2 is 2.11 bits per heavy atom. The monoisotopic (exact) mass is 254 g/mol. The zero-order chi connectivity index (χ0) is 13.7. The summed E-state index contributed by atoms with van der Waals surface area (Å²) in [5.41, 5.74) is 4.07. The molecule has 1 heterocycles. The van der Waals surface area contributed by atoms with E-state index in [0.717, 1.165) is 12.6 Å². The molecule has 18 heavy (non-hydrogen) atoms. The number of carbonyl (C=O) groups excluding carboxylic acids is 1. The van der Waals surface area contributed by atoms with Crippen molar-refractivity contribution in [3.8, 4) is 0 Å². The fourth-order valence-electron chi connectivity index (χ4n) is 1.62. The van der Waals surface area contributed by atoms with Crippen molar-refractivity contribution in [2.75, 3.05) is 6.54 Å². The van der Waals surface area contributed by atoms with Crippen LogP contribution in [0, 0.1) is 5.92 Å². The van der Waals surface area contributed by atoms with Gasteiger partial charge in [-0.05, 0) is 12.3 Å². The van der Waals surface area contributed by atoms with Crippen LogP contribution in [0.15, 0.2) is 15.8 Å². The molecule has 0 aliphatic heterocycles. The Hall–Kier alpha value is -1.89. The van der Waals surface area contributed by atoms with E-state index < -0.39 is 17.2 Å². The summed E-state index contributed by atoms with van der Waals surface area (Å²) in [4.78, 5) is 38.3. The molecule has 0 spiro atoms. The summed E-state index contributed by atoms with van der Waals surface area (Å²) in [7, 11) is 0. The van der Waals surface area contributed by atoms with Crippen LogP contribution in [0.3, 0.4) is 0 Å². The molecule has 7 heteroatoms. The summed E-state index contributed by atoms with van der Waals surface area (Å²) in [5, 5.41) is 2.67. The van der Waals surface area contributed by atoms with E-state index in [-0.39, 0.29) is 11.6 Å². The van der Waals surface area contributed by atoms with E-state index in [1.165, 1.54) is 0 Å². The summed E-state index contributed by atoms with van der Waals surface area (Å²) in [6, 6.07) is -0.191. The van der Waals surface area contributed by atoms with E-state index in [2.05, 4.69) is 10.3 Å². The summed E-state index contributed by atoms with van der Waals surface area (Å²) in [5.74, 6) is -0.156. The molecule has 0 aliphatic rings. The molecule has 1 aromatic heterocycles. The number of nitrogens with one attached hydrogen (secondary N) is 3. The first-order valence-electron chi connectivity index (χ1n) is 5.77. The van der Waals surface area contributed by atoms with Crippen molar-refractivity contribution in [2.45, 2.75) is 26.3 Å². The molecule has 0 saturated carbocycles. The second kappa shape index (κ2) is 6.15. The van der Waals surface area contributed by atoms with Crippen molar-refractivity contribution in [3.05, 3.63) is 32.6 Å². The summed E-state index contributed by atoms with van der Waals surface area (Å²) < 4.78 is 0. The van der Waals surface area contributed by atoms with Crippen LogP contribution in [-0.4, -0.2) is 28.5 Å². The lowest BCUT2D eigenvalue weighted by molar-refractivity contribution is 0.0931. The van der Waals surface area contributed by atoms with Gasteiger partial charge in [0.15, 0.2) is 0 Å². The van der Waals surface area contributed by atoms with Crippen LogP contribution in [0.2, 0.25) is 0 Å². The molecule has 0 radical (unpaired) electrons. The molecular weight excluding hydrogens is 236 g/mol. The highest BCUT2D eigenvalue weighted by atomic mass is 16.2. The number of amides is 1. The maximum atomic E-state index is 11.8. The molecule has 1 amide bonds. The molecule has 7 nitrogen and oxygen atoms in total. The molecule has 1 unspecified atom stereocenters. The number of nitrogens with two attached hydrogens (primary N) is 1. The highest BCUT2D eigenvalue weighted by Crippen LogP contribution is 2.04. The molecule has 1 rings (SSSR count). The van der Waals surface area contributed by atoms with Crippen molar-refractivity contribution < 1.29 is 4.79 Å². The predicted molar refractivity (Wildman–Crippen MR) is 67.4 cm³/mol. The molecule has 1 atom stereocenters. The highest BCUT2D eigenvalue weighted by Gasteiger charge is 2.16. The fourth-order valence-corrected chi connectivity index (χ4v) is 1.62. The number of aromatic nitrogens is 2. The van der Waals surface area contributed by atoms with Crippen LogP contribution in [0.4, 0.5) is 0 Å². The number of rotatable bonds is 5. The van der Waals surface area contributed by atoms with E-state index in [9.17, 15) is 14.4 Å². The Morgan fingerprint density at radius 1 is 1.44 bits per heavy atom. The second-order valence-corrected chi connectivity index (χ2v) is 4.52. The first kappa shape index (κ1) is 14.2. The smallest absolute Gasteiger partial charge is 0.325 e. The minimum absolute atomic E-state index is 0.128. The van der Waals surface area contributed by atoms with Crippen LogP contribution >= 0.6 is 0 Å². The fraction of sp³-hybridized carbons (Fsp3) is 0.545. The van der Waals surface area contributed by atoms with Gasteiger partial charge in [0.25, 0.3) is 11.5 Å². The van der Waals surface area contributed by atoms with E-state index in [4.69, 9.17) is 5.73 Å². The summed E-state index contributed by atoms with van der Waals surface area (Å²) >= 11 is 0. The minimum Gasteiger partial charge on any atom is -0.348 e. The zero-order valence-corrected chi connectivity index (χ0v) is 10.4. The van der Waals surface area contributed by atoms with Gasteiger partial charge in [0.05, 0.1) is 0 Å². The third-order valence-electron chi connectivity index (χ3n) is 2.44. The highest BCUT2D eigenvalue weighted by molar-refractivity contribution is 5.93. The van der Waals surface area contributed by atoms with Crippen LogP contribution in [-0.2, 0) is 0 Å². The Kier molecular flexibility index (Phi) is 4.85. The maximum absolute atomic E-state index is 11.8. The molecule has 100 valence electrons. The third kappa shape index (κ3) is 3.85. The first-order chi connectivity index (χ1) is 8.43. The molecule has 1 aromatic rings. The SMILES string of the molecule is CC(C)CC(CN)NC(=O)c1c[nH]c(=O)[nH]c1=O. The van der Waals surface area contributed by atoms with Gasteiger partial charge in [0, 0.05) is 18.8 Å². The van der Waals surface area contributed by atoms with Crippen molar-refractivity contribution >= 4 is 5.91 Å². The third-order valence-corrected chi connectivity index (χ3v) is 2.44. The molecule has 0 aromatic carbocycles. The van der Waals surface area contributed by atoms with E-state index in [0.29, 0.717) is 12.5 Å². The molecule has 0 bridgehead atoms. The normalized spacial score (nSPS) is 12.4. The number of hydrogen-bond acceptors (Lipinski definition) is 4. The van der Waals surface area contributed by atoms with Crippen LogP contribution < -0.4 is 22.3 Å². The van der Waals surface area contributed by atoms with E-state index in [1.54, 1.807) is 0 Å². The zero-order valence-electron chi connectivity index (χ0n) is 10.4. The average Bonchev–Trinajstić information content (AvgIpc) is 2.27.